The standard InChI is InChI=1S/C14H21ClN4O/c15-13-12(9-11(16)10-18-13)14(20)17-5-4-8-19-6-2-1-3-7-19/h9-10H,1-8,16H2,(H,17,20). The number of nitrogens with two attached hydrogens (primary N) is 1. The van der Waals surface area contributed by atoms with Gasteiger partial charge < -0.3 is 16.0 Å². The number of nitrogens with zero attached hydrogens (tertiary/aromatic N) is 2. The molecule has 1 fully saturated rings. The normalized spacial score (nSPS) is 16.1. The third kappa shape index (κ3) is 4.35. The van der Waals surface area contributed by atoms with Crippen LogP contribution >= 0.6 is 11.6 Å². The van der Waals surface area contributed by atoms with Gasteiger partial charge in [0.05, 0.1) is 17.4 Å². The van der Waals surface area contributed by atoms with E-state index in [9.17, 15) is 4.79 Å². The fourth-order valence-electron chi connectivity index (χ4n) is 2.41. The molecule has 1 saturated heterocycles. The van der Waals surface area contributed by atoms with Crippen molar-refractivity contribution in [3.05, 3.63) is 23.0 Å². The zero-order valence-electron chi connectivity index (χ0n) is 11.6. The van der Waals surface area contributed by atoms with E-state index in [0.717, 1.165) is 13.0 Å². The number of likely N-dealkylation sites (tertiary alicyclic amines) is 1. The van der Waals surface area contributed by atoms with E-state index in [1.54, 1.807) is 6.07 Å². The second-order valence-electron chi connectivity index (χ2n) is 5.12. The van der Waals surface area contributed by atoms with Crippen molar-refractivity contribution in [3.8, 4) is 0 Å². The Morgan fingerprint density at radius 1 is 1.40 bits per heavy atom. The Kier molecular flexibility index (Phi) is 5.61. The molecule has 0 bridgehead atoms. The molecule has 2 heterocycles. The molecule has 1 aliphatic heterocycles. The largest absolute Gasteiger partial charge is 0.397 e. The van der Waals surface area contributed by atoms with E-state index in [1.807, 2.05) is 0 Å². The van der Waals surface area contributed by atoms with E-state index in [2.05, 4.69) is 15.2 Å². The number of amides is 1. The van der Waals surface area contributed by atoms with Gasteiger partial charge in [-0.15, -0.1) is 0 Å². The van der Waals surface area contributed by atoms with Crippen molar-refractivity contribution < 1.29 is 4.79 Å². The van der Waals surface area contributed by atoms with Crippen LogP contribution in [0.15, 0.2) is 12.3 Å². The molecule has 1 aliphatic rings. The molecule has 110 valence electrons. The average Bonchev–Trinajstić information content (AvgIpc) is 2.47. The van der Waals surface area contributed by atoms with Crippen LogP contribution < -0.4 is 11.1 Å². The molecule has 6 heteroatoms. The Morgan fingerprint density at radius 2 is 2.15 bits per heavy atom. The number of halogens is 1. The van der Waals surface area contributed by atoms with E-state index in [4.69, 9.17) is 17.3 Å². The number of hydrogen-bond donors (Lipinski definition) is 2. The van der Waals surface area contributed by atoms with Crippen LogP contribution in [0.4, 0.5) is 5.69 Å². The first-order valence-corrected chi connectivity index (χ1v) is 7.46. The van der Waals surface area contributed by atoms with Crippen molar-refractivity contribution in [3.63, 3.8) is 0 Å². The third-order valence-electron chi connectivity index (χ3n) is 3.49. The Hall–Kier alpha value is -1.33. The number of nitrogens with one attached hydrogen (secondary N) is 1. The zero-order chi connectivity index (χ0) is 14.4. The second kappa shape index (κ2) is 7.45. The van der Waals surface area contributed by atoms with Gasteiger partial charge in [-0.1, -0.05) is 18.0 Å². The van der Waals surface area contributed by atoms with Crippen molar-refractivity contribution in [2.75, 3.05) is 31.9 Å². The molecule has 0 aromatic carbocycles. The molecule has 1 aromatic rings. The molecule has 1 aromatic heterocycles. The quantitative estimate of drug-likeness (QED) is 0.643. The predicted octanol–water partition coefficient (Wildman–Crippen LogP) is 1.92. The molecule has 0 saturated carbocycles. The summed E-state index contributed by atoms with van der Waals surface area (Å²) in [5.41, 5.74) is 6.39. The first-order chi connectivity index (χ1) is 9.66. The molecule has 20 heavy (non-hydrogen) atoms. The van der Waals surface area contributed by atoms with Crippen LogP contribution in [-0.4, -0.2) is 42.0 Å². The maximum atomic E-state index is 12.0. The average molecular weight is 297 g/mol. The van der Waals surface area contributed by atoms with Gasteiger partial charge in [0.2, 0.25) is 0 Å². The van der Waals surface area contributed by atoms with Gasteiger partial charge in [0.15, 0.2) is 0 Å². The van der Waals surface area contributed by atoms with E-state index in [-0.39, 0.29) is 11.1 Å². The number of pyridine rings is 1. The number of nitrogen functional groups attached to an aromatic ring is 1. The summed E-state index contributed by atoms with van der Waals surface area (Å²) < 4.78 is 0. The summed E-state index contributed by atoms with van der Waals surface area (Å²) in [5, 5.41) is 3.05. The lowest BCUT2D eigenvalue weighted by Crippen LogP contribution is -2.33. The Balaban J connectivity index is 1.73. The third-order valence-corrected chi connectivity index (χ3v) is 3.79. The molecular formula is C14H21ClN4O. The minimum absolute atomic E-state index is 0.188. The van der Waals surface area contributed by atoms with Crippen molar-refractivity contribution in [1.82, 2.24) is 15.2 Å². The maximum absolute atomic E-state index is 12.0. The van der Waals surface area contributed by atoms with E-state index >= 15 is 0 Å². The predicted molar refractivity (Wildman–Crippen MR) is 80.9 cm³/mol. The fourth-order valence-corrected chi connectivity index (χ4v) is 2.60. The monoisotopic (exact) mass is 296 g/mol. The van der Waals surface area contributed by atoms with Crippen LogP contribution in [0.3, 0.4) is 0 Å². The molecule has 5 nitrogen and oxygen atoms in total. The van der Waals surface area contributed by atoms with Gasteiger partial charge in [-0.25, -0.2) is 4.98 Å². The zero-order valence-corrected chi connectivity index (χ0v) is 12.3. The van der Waals surface area contributed by atoms with E-state index < -0.39 is 0 Å². The number of carbonyl (C=O) groups excluding carboxylic acids is 1. The molecule has 0 aliphatic carbocycles. The number of piperidine rings is 1. The van der Waals surface area contributed by atoms with Crippen molar-refractivity contribution in [1.29, 1.82) is 0 Å². The molecule has 0 radical (unpaired) electrons. The summed E-state index contributed by atoms with van der Waals surface area (Å²) in [6, 6.07) is 1.55. The smallest absolute Gasteiger partial charge is 0.254 e. The SMILES string of the molecule is Nc1cnc(Cl)c(C(=O)NCCCN2CCCCC2)c1. The van der Waals surface area contributed by atoms with Gasteiger partial charge in [0, 0.05) is 6.54 Å². The Morgan fingerprint density at radius 3 is 2.90 bits per heavy atom. The summed E-state index contributed by atoms with van der Waals surface area (Å²) in [5.74, 6) is -0.214. The number of anilines is 1. The molecular weight excluding hydrogens is 276 g/mol. The molecule has 0 spiro atoms. The first kappa shape index (κ1) is 15.1. The first-order valence-electron chi connectivity index (χ1n) is 7.08. The number of aromatic nitrogens is 1. The van der Waals surface area contributed by atoms with Crippen LogP contribution in [0.25, 0.3) is 0 Å². The molecule has 3 N–H and O–H groups in total. The van der Waals surface area contributed by atoms with Gasteiger partial charge in [0.1, 0.15) is 5.15 Å². The molecule has 0 atom stereocenters. The number of rotatable bonds is 5. The lowest BCUT2D eigenvalue weighted by molar-refractivity contribution is 0.0951. The molecule has 1 amide bonds. The Bertz CT molecular complexity index is 460. The van der Waals surface area contributed by atoms with Crippen molar-refractivity contribution in [2.24, 2.45) is 0 Å². The van der Waals surface area contributed by atoms with Crippen LogP contribution in [0, 0.1) is 0 Å². The highest BCUT2D eigenvalue weighted by Gasteiger charge is 2.12. The number of carbonyl (C=O) groups is 1. The summed E-state index contributed by atoms with van der Waals surface area (Å²) in [6.45, 7) is 4.03. The summed E-state index contributed by atoms with van der Waals surface area (Å²) in [7, 11) is 0. The van der Waals surface area contributed by atoms with Gasteiger partial charge in [0.25, 0.3) is 5.91 Å². The summed E-state index contributed by atoms with van der Waals surface area (Å²) in [6.07, 6.45) is 6.30. The van der Waals surface area contributed by atoms with Gasteiger partial charge in [-0.3, -0.25) is 4.79 Å². The lowest BCUT2D eigenvalue weighted by atomic mass is 10.1. The van der Waals surface area contributed by atoms with E-state index in [1.165, 1.54) is 38.5 Å². The summed E-state index contributed by atoms with van der Waals surface area (Å²) in [4.78, 5) is 18.3. The minimum atomic E-state index is -0.214. The highest BCUT2D eigenvalue weighted by molar-refractivity contribution is 6.32. The maximum Gasteiger partial charge on any atom is 0.254 e. The molecule has 0 unspecified atom stereocenters. The topological polar surface area (TPSA) is 71.2 Å². The summed E-state index contributed by atoms with van der Waals surface area (Å²) >= 11 is 5.89. The highest BCUT2D eigenvalue weighted by Crippen LogP contribution is 2.15. The lowest BCUT2D eigenvalue weighted by Gasteiger charge is -2.26. The fraction of sp³-hybridized carbons (Fsp3) is 0.571. The van der Waals surface area contributed by atoms with Crippen molar-refractivity contribution in [2.45, 2.75) is 25.7 Å². The van der Waals surface area contributed by atoms with Crippen LogP contribution in [0.1, 0.15) is 36.0 Å². The van der Waals surface area contributed by atoms with Gasteiger partial charge >= 0.3 is 0 Å². The number of hydrogen-bond acceptors (Lipinski definition) is 4. The van der Waals surface area contributed by atoms with Crippen LogP contribution in [-0.2, 0) is 0 Å². The highest BCUT2D eigenvalue weighted by atomic mass is 35.5. The Labute approximate surface area is 124 Å². The van der Waals surface area contributed by atoms with Gasteiger partial charge in [-0.2, -0.15) is 0 Å². The second-order valence-corrected chi connectivity index (χ2v) is 5.48. The van der Waals surface area contributed by atoms with Gasteiger partial charge in [-0.05, 0) is 45.0 Å². The van der Waals surface area contributed by atoms with Crippen molar-refractivity contribution >= 4 is 23.2 Å². The molecule has 2 rings (SSSR count). The van der Waals surface area contributed by atoms with Crippen LogP contribution in [0.2, 0.25) is 5.15 Å². The minimum Gasteiger partial charge on any atom is -0.397 e. The van der Waals surface area contributed by atoms with E-state index in [0.29, 0.717) is 17.8 Å². The van der Waals surface area contributed by atoms with Crippen LogP contribution in [0.5, 0.6) is 0 Å².